The molecular weight excluding hydrogens is 350 g/mol. The van der Waals surface area contributed by atoms with Crippen molar-refractivity contribution in [1.82, 2.24) is 4.31 Å². The van der Waals surface area contributed by atoms with Gasteiger partial charge in [0, 0.05) is 17.5 Å². The third-order valence-corrected chi connectivity index (χ3v) is 4.56. The van der Waals surface area contributed by atoms with Gasteiger partial charge in [0.05, 0.1) is 11.5 Å². The number of aliphatic carboxylic acids is 1. The average molecular weight is 384 g/mol. The quantitative estimate of drug-likeness (QED) is 0.594. The molecule has 1 saturated carbocycles. The highest BCUT2D eigenvalue weighted by atomic mass is 32.2. The molecule has 1 aliphatic carbocycles. The maximum atomic E-state index is 10.9. The molecule has 1 fully saturated rings. The topological polar surface area (TPSA) is 66.8 Å². The van der Waals surface area contributed by atoms with Gasteiger partial charge in [-0.15, -0.1) is 0 Å². The van der Waals surface area contributed by atoms with Crippen molar-refractivity contribution in [3.05, 3.63) is 30.3 Å². The van der Waals surface area contributed by atoms with Gasteiger partial charge in [0.25, 0.3) is 0 Å². The first-order valence-corrected chi connectivity index (χ1v) is 9.43. The fourth-order valence-corrected chi connectivity index (χ4v) is 2.06. The van der Waals surface area contributed by atoms with Crippen LogP contribution in [0.2, 0.25) is 0 Å². The molecule has 0 atom stereocenters. The van der Waals surface area contributed by atoms with E-state index in [1.54, 1.807) is 11.4 Å². The summed E-state index contributed by atoms with van der Waals surface area (Å²) in [6.45, 7) is 12.1. The number of carbonyl (C=O) groups excluding carboxylic acids is 1. The minimum Gasteiger partial charge on any atom is -0.481 e. The van der Waals surface area contributed by atoms with E-state index in [2.05, 4.69) is 0 Å². The lowest BCUT2D eigenvalue weighted by Gasteiger charge is -2.30. The van der Waals surface area contributed by atoms with E-state index in [0.29, 0.717) is 0 Å². The first-order valence-electron chi connectivity index (χ1n) is 8.66. The van der Waals surface area contributed by atoms with Crippen LogP contribution in [-0.2, 0) is 14.3 Å². The fourth-order valence-electron chi connectivity index (χ4n) is 1.24. The molecule has 0 saturated heterocycles. The van der Waals surface area contributed by atoms with Crippen LogP contribution >= 0.6 is 11.9 Å². The van der Waals surface area contributed by atoms with Crippen LogP contribution in [0.5, 0.6) is 0 Å². The van der Waals surface area contributed by atoms with E-state index in [0.717, 1.165) is 24.1 Å². The van der Waals surface area contributed by atoms with Gasteiger partial charge in [0.1, 0.15) is 0 Å². The molecule has 1 aliphatic rings. The lowest BCUT2D eigenvalue weighted by atomic mass is 10.1. The predicted molar refractivity (Wildman–Crippen MR) is 107 cm³/mol. The van der Waals surface area contributed by atoms with E-state index < -0.39 is 5.97 Å². The average Bonchev–Trinajstić information content (AvgIpc) is 3.38. The zero-order valence-corrected chi connectivity index (χ0v) is 17.8. The first kappa shape index (κ1) is 24.5. The molecule has 1 N–H and O–H groups in total. The number of nitrogens with zero attached hydrogens (tertiary/aromatic N) is 1. The first-order chi connectivity index (χ1) is 11.9. The Bertz CT molecular complexity index is 531. The number of carboxylic acid groups (broad SMARTS) is 1. The van der Waals surface area contributed by atoms with Crippen molar-refractivity contribution >= 4 is 24.3 Å². The summed E-state index contributed by atoms with van der Waals surface area (Å²) in [5.41, 5.74) is -0.109. The van der Waals surface area contributed by atoms with Crippen molar-refractivity contribution in [1.29, 1.82) is 0 Å². The number of carboxylic acids is 1. The number of hydrogen-bond acceptors (Lipinski definition) is 4. The maximum absolute atomic E-state index is 10.9. The summed E-state index contributed by atoms with van der Waals surface area (Å²) in [5, 5.41) is 8.05. The SMILES string of the molecule is CC(C)(C)N(C=O)Sc1ccccc1.COC(C)(C)C.O=C(O)C1CC1. The van der Waals surface area contributed by atoms with Gasteiger partial charge in [-0.2, -0.15) is 0 Å². The number of rotatable bonds is 4. The van der Waals surface area contributed by atoms with Crippen molar-refractivity contribution < 1.29 is 19.4 Å². The largest absolute Gasteiger partial charge is 0.481 e. The third kappa shape index (κ3) is 12.8. The number of methoxy groups -OCH3 is 1. The summed E-state index contributed by atoms with van der Waals surface area (Å²) in [4.78, 5) is 21.7. The van der Waals surface area contributed by atoms with Crippen LogP contribution in [0.25, 0.3) is 0 Å². The van der Waals surface area contributed by atoms with E-state index in [1.165, 1.54) is 11.9 Å². The molecular formula is C20H33NO4S. The standard InChI is InChI=1S/C11H15NOS.C5H12O.C4H6O2/c1-11(2,3)12(9-13)14-10-7-5-4-6-8-10;1-5(2,3)6-4;5-4(6)3-1-2-3/h4-9H,1-3H3;1-4H3;3H,1-2H2,(H,5,6). The Balaban J connectivity index is 0.000000429. The zero-order chi connectivity index (χ0) is 20.4. The van der Waals surface area contributed by atoms with Crippen LogP contribution < -0.4 is 0 Å². The minimum absolute atomic E-state index is 0.0185. The molecule has 1 aromatic rings. The molecule has 0 radical (unpaired) electrons. The van der Waals surface area contributed by atoms with Gasteiger partial charge in [0.15, 0.2) is 0 Å². The molecule has 2 rings (SSSR count). The van der Waals surface area contributed by atoms with Gasteiger partial charge in [0.2, 0.25) is 6.41 Å². The normalized spacial score (nSPS) is 13.5. The van der Waals surface area contributed by atoms with Crippen molar-refractivity contribution in [3.63, 3.8) is 0 Å². The van der Waals surface area contributed by atoms with Crippen LogP contribution in [-0.4, -0.2) is 40.0 Å². The van der Waals surface area contributed by atoms with Crippen molar-refractivity contribution in [2.24, 2.45) is 5.92 Å². The molecule has 0 spiro atoms. The highest BCUT2D eigenvalue weighted by Gasteiger charge is 2.28. The van der Waals surface area contributed by atoms with Gasteiger partial charge in [-0.25, -0.2) is 0 Å². The van der Waals surface area contributed by atoms with E-state index in [4.69, 9.17) is 9.84 Å². The second-order valence-corrected chi connectivity index (χ2v) is 8.98. The van der Waals surface area contributed by atoms with Crippen molar-refractivity contribution in [2.75, 3.05) is 7.11 Å². The van der Waals surface area contributed by atoms with E-state index in [-0.39, 0.29) is 17.1 Å². The molecule has 0 unspecified atom stereocenters. The minimum atomic E-state index is -0.630. The van der Waals surface area contributed by atoms with Crippen LogP contribution in [0.15, 0.2) is 35.2 Å². The Morgan fingerprint density at radius 2 is 1.62 bits per heavy atom. The lowest BCUT2D eigenvalue weighted by Crippen LogP contribution is -2.34. The molecule has 0 heterocycles. The van der Waals surface area contributed by atoms with Crippen LogP contribution in [0, 0.1) is 5.92 Å². The molecule has 0 aromatic heterocycles. The monoisotopic (exact) mass is 383 g/mol. The Labute approximate surface area is 162 Å². The molecule has 1 amide bonds. The Hall–Kier alpha value is -1.53. The second kappa shape index (κ2) is 11.2. The molecule has 5 nitrogen and oxygen atoms in total. The fraction of sp³-hybridized carbons (Fsp3) is 0.600. The smallest absolute Gasteiger partial charge is 0.306 e. The molecule has 6 heteroatoms. The lowest BCUT2D eigenvalue weighted by molar-refractivity contribution is -0.138. The van der Waals surface area contributed by atoms with E-state index >= 15 is 0 Å². The van der Waals surface area contributed by atoms with Crippen molar-refractivity contribution in [2.45, 2.75) is 70.4 Å². The van der Waals surface area contributed by atoms with Gasteiger partial charge in [-0.3, -0.25) is 13.9 Å². The van der Waals surface area contributed by atoms with E-state index in [1.807, 2.05) is 71.9 Å². The summed E-state index contributed by atoms with van der Waals surface area (Å²) in [5.74, 6) is -0.611. The molecule has 1 aromatic carbocycles. The molecule has 0 bridgehead atoms. The predicted octanol–water partition coefficient (Wildman–Crippen LogP) is 4.86. The van der Waals surface area contributed by atoms with Gasteiger partial charge >= 0.3 is 5.97 Å². The summed E-state index contributed by atoms with van der Waals surface area (Å²) in [7, 11) is 1.71. The van der Waals surface area contributed by atoms with Gasteiger partial charge in [-0.05, 0) is 78.5 Å². The number of benzene rings is 1. The highest BCUT2D eigenvalue weighted by Crippen LogP contribution is 2.28. The Morgan fingerprint density at radius 3 is 1.85 bits per heavy atom. The number of amides is 1. The Morgan fingerprint density at radius 1 is 1.15 bits per heavy atom. The van der Waals surface area contributed by atoms with Gasteiger partial charge in [-0.1, -0.05) is 18.2 Å². The van der Waals surface area contributed by atoms with Crippen LogP contribution in [0.3, 0.4) is 0 Å². The second-order valence-electron chi connectivity index (χ2n) is 7.94. The zero-order valence-electron chi connectivity index (χ0n) is 17.0. The van der Waals surface area contributed by atoms with Crippen molar-refractivity contribution in [3.8, 4) is 0 Å². The van der Waals surface area contributed by atoms with E-state index in [9.17, 15) is 9.59 Å². The summed E-state index contributed by atoms with van der Waals surface area (Å²) < 4.78 is 6.65. The van der Waals surface area contributed by atoms with Crippen LogP contribution in [0.1, 0.15) is 54.4 Å². The molecule has 148 valence electrons. The van der Waals surface area contributed by atoms with Gasteiger partial charge < -0.3 is 9.84 Å². The summed E-state index contributed by atoms with van der Waals surface area (Å²) in [6.07, 6.45) is 2.67. The summed E-state index contributed by atoms with van der Waals surface area (Å²) >= 11 is 1.46. The third-order valence-electron chi connectivity index (χ3n) is 3.24. The molecule has 26 heavy (non-hydrogen) atoms. The summed E-state index contributed by atoms with van der Waals surface area (Å²) in [6, 6.07) is 9.88. The molecule has 0 aliphatic heterocycles. The number of hydrogen-bond donors (Lipinski definition) is 1. The number of ether oxygens (including phenoxy) is 1. The Kier molecular flexibility index (Phi) is 10.6. The highest BCUT2D eigenvalue weighted by molar-refractivity contribution is 7.97. The van der Waals surface area contributed by atoms with Crippen LogP contribution in [0.4, 0.5) is 0 Å². The number of carbonyl (C=O) groups is 2. The maximum Gasteiger partial charge on any atom is 0.306 e.